The van der Waals surface area contributed by atoms with Crippen molar-refractivity contribution < 1.29 is 0 Å². The summed E-state index contributed by atoms with van der Waals surface area (Å²) >= 11 is 6.19. The van der Waals surface area contributed by atoms with Crippen LogP contribution in [0.2, 0.25) is 5.02 Å². The summed E-state index contributed by atoms with van der Waals surface area (Å²) in [5, 5.41) is 14.0. The molecular formula is C16H12ClN7. The fourth-order valence-electron chi connectivity index (χ4n) is 2.38. The summed E-state index contributed by atoms with van der Waals surface area (Å²) in [4.78, 5) is 11.8. The SMILES string of the molecule is C/C(=N\Nc1nnc2c(n1)[nH]c1c(Cl)cccc12)c1ccccn1. The number of fused-ring (bicyclic) bond motifs is 3. The van der Waals surface area contributed by atoms with Crippen LogP contribution in [0.5, 0.6) is 0 Å². The number of aromatic nitrogens is 5. The number of rotatable bonds is 3. The normalized spacial score (nSPS) is 12.0. The van der Waals surface area contributed by atoms with Gasteiger partial charge < -0.3 is 4.98 Å². The molecule has 0 radical (unpaired) electrons. The molecule has 118 valence electrons. The van der Waals surface area contributed by atoms with E-state index in [0.29, 0.717) is 22.1 Å². The predicted molar refractivity (Wildman–Crippen MR) is 94.3 cm³/mol. The second-order valence-electron chi connectivity index (χ2n) is 5.14. The molecule has 0 unspecified atom stereocenters. The van der Waals surface area contributed by atoms with Crippen molar-refractivity contribution in [3.05, 3.63) is 53.3 Å². The van der Waals surface area contributed by atoms with Gasteiger partial charge in [-0.1, -0.05) is 29.8 Å². The maximum atomic E-state index is 6.19. The van der Waals surface area contributed by atoms with Gasteiger partial charge in [0.25, 0.3) is 5.95 Å². The van der Waals surface area contributed by atoms with Crippen molar-refractivity contribution in [1.29, 1.82) is 0 Å². The first-order valence-corrected chi connectivity index (χ1v) is 7.62. The third kappa shape index (κ3) is 2.55. The topological polar surface area (TPSA) is 91.7 Å². The van der Waals surface area contributed by atoms with Crippen LogP contribution >= 0.6 is 11.6 Å². The molecule has 2 N–H and O–H groups in total. The Kier molecular flexibility index (Phi) is 3.55. The molecular weight excluding hydrogens is 326 g/mol. The van der Waals surface area contributed by atoms with Crippen molar-refractivity contribution in [2.75, 3.05) is 5.43 Å². The Hall–Kier alpha value is -3.06. The fraction of sp³-hybridized carbons (Fsp3) is 0.0625. The van der Waals surface area contributed by atoms with Crippen molar-refractivity contribution in [1.82, 2.24) is 25.1 Å². The van der Waals surface area contributed by atoms with E-state index in [1.54, 1.807) is 6.20 Å². The fourth-order valence-corrected chi connectivity index (χ4v) is 2.60. The van der Waals surface area contributed by atoms with Crippen molar-refractivity contribution in [3.8, 4) is 0 Å². The van der Waals surface area contributed by atoms with E-state index in [9.17, 15) is 0 Å². The Morgan fingerprint density at radius 2 is 2.08 bits per heavy atom. The predicted octanol–water partition coefficient (Wildman–Crippen LogP) is 3.39. The van der Waals surface area contributed by atoms with Crippen LogP contribution in [0.25, 0.3) is 22.1 Å². The highest BCUT2D eigenvalue weighted by Crippen LogP contribution is 2.27. The minimum atomic E-state index is 0.292. The van der Waals surface area contributed by atoms with Crippen LogP contribution in [0.4, 0.5) is 5.95 Å². The number of benzene rings is 1. The number of aromatic amines is 1. The first kappa shape index (κ1) is 14.5. The van der Waals surface area contributed by atoms with E-state index in [0.717, 1.165) is 22.3 Å². The summed E-state index contributed by atoms with van der Waals surface area (Å²) in [5.74, 6) is 0.292. The number of hydrogen-bond donors (Lipinski definition) is 2. The first-order valence-electron chi connectivity index (χ1n) is 7.25. The van der Waals surface area contributed by atoms with Crippen molar-refractivity contribution in [3.63, 3.8) is 0 Å². The number of hydrogen-bond acceptors (Lipinski definition) is 6. The van der Waals surface area contributed by atoms with E-state index in [4.69, 9.17) is 11.6 Å². The lowest BCUT2D eigenvalue weighted by molar-refractivity contribution is 1.01. The molecule has 0 bridgehead atoms. The molecule has 0 saturated heterocycles. The number of hydrazone groups is 1. The molecule has 0 aliphatic rings. The average Bonchev–Trinajstić information content (AvgIpc) is 3.00. The lowest BCUT2D eigenvalue weighted by atomic mass is 10.2. The van der Waals surface area contributed by atoms with Crippen molar-refractivity contribution in [2.45, 2.75) is 6.92 Å². The number of H-pyrrole nitrogens is 1. The molecule has 0 fully saturated rings. The Morgan fingerprint density at radius 3 is 2.92 bits per heavy atom. The quantitative estimate of drug-likeness (QED) is 0.441. The summed E-state index contributed by atoms with van der Waals surface area (Å²) in [5.41, 5.74) is 6.36. The van der Waals surface area contributed by atoms with E-state index in [2.05, 4.69) is 35.7 Å². The van der Waals surface area contributed by atoms with Gasteiger partial charge in [0.2, 0.25) is 0 Å². The highest BCUT2D eigenvalue weighted by Gasteiger charge is 2.10. The number of para-hydroxylation sites is 1. The molecule has 7 nitrogen and oxygen atoms in total. The minimum Gasteiger partial charge on any atom is -0.336 e. The Bertz CT molecular complexity index is 1060. The van der Waals surface area contributed by atoms with Crippen LogP contribution in [0, 0.1) is 0 Å². The lowest BCUT2D eigenvalue weighted by Crippen LogP contribution is -2.04. The molecule has 0 spiro atoms. The standard InChI is InChI=1S/C16H12ClN7/c1-9(12-7-2-3-8-18-12)21-23-16-20-15-14(22-24-16)10-5-4-6-11(17)13(10)19-15/h2-8H,1H3,(H2,19,20,23,24)/b21-9+. The summed E-state index contributed by atoms with van der Waals surface area (Å²) in [6.07, 6.45) is 1.71. The Labute approximate surface area is 141 Å². The van der Waals surface area contributed by atoms with Gasteiger partial charge in [-0.2, -0.15) is 10.1 Å². The van der Waals surface area contributed by atoms with Crippen LogP contribution in [-0.4, -0.2) is 30.9 Å². The molecule has 3 aromatic heterocycles. The van der Waals surface area contributed by atoms with Gasteiger partial charge in [-0.05, 0) is 25.1 Å². The maximum Gasteiger partial charge on any atom is 0.265 e. The second-order valence-corrected chi connectivity index (χ2v) is 5.55. The third-order valence-electron chi connectivity index (χ3n) is 3.56. The van der Waals surface area contributed by atoms with Crippen LogP contribution in [0.15, 0.2) is 47.7 Å². The van der Waals surface area contributed by atoms with Gasteiger partial charge in [0, 0.05) is 11.6 Å². The van der Waals surface area contributed by atoms with Gasteiger partial charge in [0.1, 0.15) is 5.52 Å². The molecule has 1 aromatic carbocycles. The molecule has 0 aliphatic carbocycles. The molecule has 24 heavy (non-hydrogen) atoms. The van der Waals surface area contributed by atoms with Crippen molar-refractivity contribution >= 4 is 45.3 Å². The number of halogens is 1. The summed E-state index contributed by atoms with van der Waals surface area (Å²) < 4.78 is 0. The average molecular weight is 338 g/mol. The van der Waals surface area contributed by atoms with Gasteiger partial charge >= 0.3 is 0 Å². The van der Waals surface area contributed by atoms with E-state index in [1.807, 2.05) is 43.3 Å². The lowest BCUT2D eigenvalue weighted by Gasteiger charge is -2.01. The molecule has 4 rings (SSSR count). The van der Waals surface area contributed by atoms with E-state index >= 15 is 0 Å². The van der Waals surface area contributed by atoms with E-state index < -0.39 is 0 Å². The number of pyridine rings is 1. The molecule has 4 aromatic rings. The summed E-state index contributed by atoms with van der Waals surface area (Å²) in [6.45, 7) is 1.85. The summed E-state index contributed by atoms with van der Waals surface area (Å²) in [6, 6.07) is 11.2. The van der Waals surface area contributed by atoms with Gasteiger partial charge in [-0.3, -0.25) is 4.98 Å². The summed E-state index contributed by atoms with van der Waals surface area (Å²) in [7, 11) is 0. The Balaban J connectivity index is 1.68. The largest absolute Gasteiger partial charge is 0.336 e. The van der Waals surface area contributed by atoms with Gasteiger partial charge in [0.15, 0.2) is 5.65 Å². The maximum absolute atomic E-state index is 6.19. The van der Waals surface area contributed by atoms with E-state index in [1.165, 1.54) is 0 Å². The van der Waals surface area contributed by atoms with Gasteiger partial charge in [-0.25, -0.2) is 5.43 Å². The minimum absolute atomic E-state index is 0.292. The molecule has 0 atom stereocenters. The van der Waals surface area contributed by atoms with Crippen LogP contribution in [0.3, 0.4) is 0 Å². The van der Waals surface area contributed by atoms with Crippen LogP contribution < -0.4 is 5.43 Å². The smallest absolute Gasteiger partial charge is 0.265 e. The number of anilines is 1. The highest BCUT2D eigenvalue weighted by atomic mass is 35.5. The van der Waals surface area contributed by atoms with Crippen molar-refractivity contribution in [2.24, 2.45) is 5.10 Å². The van der Waals surface area contributed by atoms with Crippen LogP contribution in [-0.2, 0) is 0 Å². The molecule has 0 amide bonds. The molecule has 3 heterocycles. The van der Waals surface area contributed by atoms with E-state index in [-0.39, 0.29) is 0 Å². The second kappa shape index (κ2) is 5.86. The Morgan fingerprint density at radius 1 is 1.17 bits per heavy atom. The highest BCUT2D eigenvalue weighted by molar-refractivity contribution is 6.36. The van der Waals surface area contributed by atoms with Gasteiger partial charge in [0.05, 0.1) is 21.9 Å². The third-order valence-corrected chi connectivity index (χ3v) is 3.87. The zero-order valence-corrected chi connectivity index (χ0v) is 13.4. The number of nitrogens with zero attached hydrogens (tertiary/aromatic N) is 5. The molecule has 8 heteroatoms. The monoisotopic (exact) mass is 337 g/mol. The van der Waals surface area contributed by atoms with Gasteiger partial charge in [-0.15, -0.1) is 10.2 Å². The zero-order chi connectivity index (χ0) is 16.5. The zero-order valence-electron chi connectivity index (χ0n) is 12.7. The first-order chi connectivity index (χ1) is 11.7. The molecule has 0 saturated carbocycles. The molecule has 0 aliphatic heterocycles. The van der Waals surface area contributed by atoms with Crippen LogP contribution in [0.1, 0.15) is 12.6 Å². The number of nitrogens with one attached hydrogen (secondary N) is 2.